The number of carboxylic acids is 1. The number of benzene rings is 1. The molecular formula is C12H7BrN2O5. The molecule has 1 heterocycles. The maximum Gasteiger partial charge on any atom is 0.342 e. The van der Waals surface area contributed by atoms with Gasteiger partial charge in [0.2, 0.25) is 5.88 Å². The molecule has 0 amide bonds. The lowest BCUT2D eigenvalue weighted by molar-refractivity contribution is -0.385. The zero-order valence-corrected chi connectivity index (χ0v) is 11.4. The third-order valence-electron chi connectivity index (χ3n) is 2.34. The third kappa shape index (κ3) is 2.91. The molecule has 0 spiro atoms. The minimum atomic E-state index is -1.42. The summed E-state index contributed by atoms with van der Waals surface area (Å²) in [5.41, 5.74) is -1.07. The van der Waals surface area contributed by atoms with Gasteiger partial charge in [0.15, 0.2) is 0 Å². The fraction of sp³-hybridized carbons (Fsp3) is 0. The summed E-state index contributed by atoms with van der Waals surface area (Å²) < 4.78 is 6.04. The first kappa shape index (κ1) is 13.9. The SMILES string of the molecule is O=C(O)c1cc(Oc2ccccc2Br)ncc1[N+](=O)[O-]. The van der Waals surface area contributed by atoms with E-state index in [-0.39, 0.29) is 5.88 Å². The van der Waals surface area contributed by atoms with Gasteiger partial charge in [-0.05, 0) is 28.1 Å². The van der Waals surface area contributed by atoms with E-state index in [0.29, 0.717) is 10.2 Å². The molecule has 102 valence electrons. The van der Waals surface area contributed by atoms with E-state index >= 15 is 0 Å². The van der Waals surface area contributed by atoms with Crippen LogP contribution < -0.4 is 4.74 Å². The number of hydrogen-bond donors (Lipinski definition) is 1. The lowest BCUT2D eigenvalue weighted by Crippen LogP contribution is -2.04. The smallest absolute Gasteiger partial charge is 0.342 e. The van der Waals surface area contributed by atoms with E-state index in [2.05, 4.69) is 20.9 Å². The fourth-order valence-corrected chi connectivity index (χ4v) is 1.81. The van der Waals surface area contributed by atoms with Crippen molar-refractivity contribution in [3.05, 3.63) is 56.7 Å². The van der Waals surface area contributed by atoms with E-state index in [9.17, 15) is 14.9 Å². The monoisotopic (exact) mass is 338 g/mol. The van der Waals surface area contributed by atoms with Gasteiger partial charge in [0.25, 0.3) is 0 Å². The minimum absolute atomic E-state index is 0.0418. The number of ether oxygens (including phenoxy) is 1. The second-order valence-corrected chi connectivity index (χ2v) is 4.49. The van der Waals surface area contributed by atoms with Crippen molar-refractivity contribution in [1.29, 1.82) is 0 Å². The van der Waals surface area contributed by atoms with Crippen LogP contribution in [0.3, 0.4) is 0 Å². The van der Waals surface area contributed by atoms with Crippen LogP contribution in [0.4, 0.5) is 5.69 Å². The average Bonchev–Trinajstić information content (AvgIpc) is 2.41. The predicted molar refractivity (Wildman–Crippen MR) is 72.1 cm³/mol. The summed E-state index contributed by atoms with van der Waals surface area (Å²) in [5, 5.41) is 19.7. The highest BCUT2D eigenvalue weighted by molar-refractivity contribution is 9.10. The van der Waals surface area contributed by atoms with E-state index in [0.717, 1.165) is 12.3 Å². The number of aromatic carboxylic acids is 1. The molecule has 0 aliphatic heterocycles. The third-order valence-corrected chi connectivity index (χ3v) is 2.99. The van der Waals surface area contributed by atoms with Crippen LogP contribution in [0.1, 0.15) is 10.4 Å². The van der Waals surface area contributed by atoms with Crippen molar-refractivity contribution in [3.8, 4) is 11.6 Å². The molecule has 1 N–H and O–H groups in total. The molecule has 7 nitrogen and oxygen atoms in total. The second kappa shape index (κ2) is 5.66. The van der Waals surface area contributed by atoms with E-state index < -0.39 is 22.1 Å². The normalized spacial score (nSPS) is 10.1. The number of pyridine rings is 1. The van der Waals surface area contributed by atoms with Crippen molar-refractivity contribution in [1.82, 2.24) is 4.98 Å². The van der Waals surface area contributed by atoms with Crippen LogP contribution in [0.5, 0.6) is 11.6 Å². The maximum atomic E-state index is 11.0. The molecule has 0 bridgehead atoms. The predicted octanol–water partition coefficient (Wildman–Crippen LogP) is 3.24. The van der Waals surface area contributed by atoms with Crippen molar-refractivity contribution in [3.63, 3.8) is 0 Å². The van der Waals surface area contributed by atoms with Gasteiger partial charge in [-0.25, -0.2) is 9.78 Å². The first-order valence-electron chi connectivity index (χ1n) is 5.29. The van der Waals surface area contributed by atoms with Crippen LogP contribution in [0.2, 0.25) is 0 Å². The molecule has 0 saturated carbocycles. The van der Waals surface area contributed by atoms with Gasteiger partial charge in [0.05, 0.1) is 9.40 Å². The largest absolute Gasteiger partial charge is 0.477 e. The van der Waals surface area contributed by atoms with Gasteiger partial charge < -0.3 is 9.84 Å². The number of carbonyl (C=O) groups is 1. The summed E-state index contributed by atoms with van der Waals surface area (Å²) in [6, 6.07) is 7.90. The molecule has 1 aromatic carbocycles. The van der Waals surface area contributed by atoms with Gasteiger partial charge in [0.1, 0.15) is 17.5 Å². The Balaban J connectivity index is 2.40. The second-order valence-electron chi connectivity index (χ2n) is 3.63. The van der Waals surface area contributed by atoms with Gasteiger partial charge in [-0.3, -0.25) is 10.1 Å². The molecule has 0 aliphatic rings. The summed E-state index contributed by atoms with van der Waals surface area (Å²) >= 11 is 3.26. The van der Waals surface area contributed by atoms with E-state index in [4.69, 9.17) is 9.84 Å². The number of nitrogens with zero attached hydrogens (tertiary/aromatic N) is 2. The average molecular weight is 339 g/mol. The maximum absolute atomic E-state index is 11.0. The molecule has 8 heteroatoms. The van der Waals surface area contributed by atoms with Crippen LogP contribution in [-0.4, -0.2) is 21.0 Å². The molecule has 2 aromatic rings. The van der Waals surface area contributed by atoms with Crippen molar-refractivity contribution in [2.75, 3.05) is 0 Å². The molecular weight excluding hydrogens is 332 g/mol. The molecule has 0 unspecified atom stereocenters. The topological polar surface area (TPSA) is 103 Å². The van der Waals surface area contributed by atoms with Crippen LogP contribution in [0.25, 0.3) is 0 Å². The standard InChI is InChI=1S/C12H7BrN2O5/c13-8-3-1-2-4-10(8)20-11-5-7(12(16)17)9(6-14-11)15(18)19/h1-6H,(H,16,17). The van der Waals surface area contributed by atoms with Crippen molar-refractivity contribution in [2.24, 2.45) is 0 Å². The number of nitro groups is 1. The van der Waals surface area contributed by atoms with Crippen LogP contribution in [-0.2, 0) is 0 Å². The van der Waals surface area contributed by atoms with E-state index in [1.807, 2.05) is 0 Å². The fourth-order valence-electron chi connectivity index (χ4n) is 1.44. The Kier molecular flexibility index (Phi) is 3.94. The Morgan fingerprint density at radius 3 is 2.70 bits per heavy atom. The quantitative estimate of drug-likeness (QED) is 0.678. The molecule has 2 rings (SSSR count). The summed E-state index contributed by atoms with van der Waals surface area (Å²) in [6.07, 6.45) is 0.857. The summed E-state index contributed by atoms with van der Waals surface area (Å²) in [4.78, 5) is 24.6. The van der Waals surface area contributed by atoms with Gasteiger partial charge in [-0.1, -0.05) is 12.1 Å². The number of hydrogen-bond acceptors (Lipinski definition) is 5. The Labute approximate surface area is 121 Å². The van der Waals surface area contributed by atoms with Crippen LogP contribution >= 0.6 is 15.9 Å². The highest BCUT2D eigenvalue weighted by atomic mass is 79.9. The Hall–Kier alpha value is -2.48. The zero-order chi connectivity index (χ0) is 14.7. The summed E-state index contributed by atoms with van der Waals surface area (Å²) in [7, 11) is 0. The zero-order valence-electron chi connectivity index (χ0n) is 9.82. The van der Waals surface area contributed by atoms with Gasteiger partial charge in [-0.2, -0.15) is 0 Å². The van der Waals surface area contributed by atoms with E-state index in [1.54, 1.807) is 24.3 Å². The van der Waals surface area contributed by atoms with Crippen LogP contribution in [0.15, 0.2) is 41.0 Å². The number of halogens is 1. The molecule has 0 radical (unpaired) electrons. The Morgan fingerprint density at radius 1 is 1.40 bits per heavy atom. The number of carboxylic acid groups (broad SMARTS) is 1. The number of aromatic nitrogens is 1. The minimum Gasteiger partial charge on any atom is -0.477 e. The van der Waals surface area contributed by atoms with Gasteiger partial charge in [0, 0.05) is 6.07 Å². The van der Waals surface area contributed by atoms with E-state index in [1.165, 1.54) is 0 Å². The number of para-hydroxylation sites is 1. The van der Waals surface area contributed by atoms with Crippen molar-refractivity contribution < 1.29 is 19.6 Å². The van der Waals surface area contributed by atoms with Crippen LogP contribution in [0, 0.1) is 10.1 Å². The first-order valence-corrected chi connectivity index (χ1v) is 6.08. The summed E-state index contributed by atoms with van der Waals surface area (Å²) in [5.74, 6) is -1.04. The highest BCUT2D eigenvalue weighted by Crippen LogP contribution is 2.30. The highest BCUT2D eigenvalue weighted by Gasteiger charge is 2.21. The Morgan fingerprint density at radius 2 is 2.10 bits per heavy atom. The molecule has 1 aromatic heterocycles. The summed E-state index contributed by atoms with van der Waals surface area (Å²) in [6.45, 7) is 0. The van der Waals surface area contributed by atoms with Crippen molar-refractivity contribution in [2.45, 2.75) is 0 Å². The van der Waals surface area contributed by atoms with Gasteiger partial charge in [-0.15, -0.1) is 0 Å². The lowest BCUT2D eigenvalue weighted by Gasteiger charge is -2.07. The lowest BCUT2D eigenvalue weighted by atomic mass is 10.2. The van der Waals surface area contributed by atoms with Gasteiger partial charge >= 0.3 is 11.7 Å². The van der Waals surface area contributed by atoms with Crippen molar-refractivity contribution >= 4 is 27.6 Å². The molecule has 0 aliphatic carbocycles. The molecule has 20 heavy (non-hydrogen) atoms. The Bertz CT molecular complexity index is 689. The molecule has 0 saturated heterocycles. The number of rotatable bonds is 4. The first-order chi connectivity index (χ1) is 9.49. The molecule has 0 fully saturated rings. The molecule has 0 atom stereocenters.